The molecule has 0 N–H and O–H groups in total. The highest BCUT2D eigenvalue weighted by Crippen LogP contribution is 2.39. The number of benzene rings is 2. The molecule has 2 aromatic carbocycles. The van der Waals surface area contributed by atoms with Gasteiger partial charge in [-0.2, -0.15) is 13.2 Å². The Hall–Kier alpha value is -2.15. The molecule has 0 aromatic heterocycles. The highest BCUT2D eigenvalue weighted by atomic mass is 35.5. The van der Waals surface area contributed by atoms with Crippen LogP contribution >= 0.6 is 11.6 Å². The molecule has 0 heterocycles. The van der Waals surface area contributed by atoms with Crippen molar-refractivity contribution in [3.05, 3.63) is 58.2 Å². The van der Waals surface area contributed by atoms with Gasteiger partial charge in [0.1, 0.15) is 11.5 Å². The largest absolute Gasteiger partial charge is 0.456 e. The number of alkyl halides is 3. The van der Waals surface area contributed by atoms with E-state index in [1.54, 1.807) is 0 Å². The summed E-state index contributed by atoms with van der Waals surface area (Å²) in [6.45, 7) is 2.30. The van der Waals surface area contributed by atoms with Crippen LogP contribution in [0.2, 0.25) is 0 Å². The van der Waals surface area contributed by atoms with Crippen LogP contribution in [0.15, 0.2) is 24.3 Å². The lowest BCUT2D eigenvalue weighted by atomic mass is 10.0. The van der Waals surface area contributed by atoms with Crippen LogP contribution in [0.3, 0.4) is 0 Å². The Morgan fingerprint density at radius 1 is 1.00 bits per heavy atom. The molecule has 2 aromatic rings. The van der Waals surface area contributed by atoms with Crippen molar-refractivity contribution < 1.29 is 31.5 Å². The summed E-state index contributed by atoms with van der Waals surface area (Å²) in [5, 5.41) is -1.16. The topological polar surface area (TPSA) is 26.3 Å². The molecule has 0 atom stereocenters. The zero-order valence-electron chi connectivity index (χ0n) is 12.4. The zero-order chi connectivity index (χ0) is 18.2. The number of halogens is 6. The first-order valence-corrected chi connectivity index (χ1v) is 6.95. The van der Waals surface area contributed by atoms with Gasteiger partial charge in [-0.15, -0.1) is 0 Å². The molecule has 128 valence electrons. The molecule has 0 aliphatic carbocycles. The molecule has 0 amide bonds. The predicted molar refractivity (Wildman–Crippen MR) is 77.5 cm³/mol. The minimum absolute atomic E-state index is 0.146. The summed E-state index contributed by atoms with van der Waals surface area (Å²) >= 11 is 5.38. The standard InChI is InChI=1S/C16H10ClF5O2/c1-7-9(16(20,21)22)3-5-12(13(7)15(17)23)24-11-6-4-10(18)14(19)8(11)2/h3-6H,1-2H3. The van der Waals surface area contributed by atoms with Gasteiger partial charge in [0.25, 0.3) is 5.24 Å². The minimum Gasteiger partial charge on any atom is -0.456 e. The Morgan fingerprint density at radius 2 is 1.58 bits per heavy atom. The third-order valence-corrected chi connectivity index (χ3v) is 3.63. The summed E-state index contributed by atoms with van der Waals surface area (Å²) in [5.41, 5.74) is -2.14. The fourth-order valence-corrected chi connectivity index (χ4v) is 2.42. The first kappa shape index (κ1) is 18.2. The van der Waals surface area contributed by atoms with Gasteiger partial charge in [-0.3, -0.25) is 4.79 Å². The maximum absolute atomic E-state index is 13.6. The highest BCUT2D eigenvalue weighted by Gasteiger charge is 2.35. The van der Waals surface area contributed by atoms with Crippen molar-refractivity contribution in [3.8, 4) is 11.5 Å². The molecule has 8 heteroatoms. The number of ether oxygens (including phenoxy) is 1. The molecule has 0 unspecified atom stereocenters. The van der Waals surface area contributed by atoms with Crippen molar-refractivity contribution in [2.45, 2.75) is 20.0 Å². The number of rotatable bonds is 3. The van der Waals surface area contributed by atoms with Crippen LogP contribution < -0.4 is 4.74 Å². The number of hydrogen-bond acceptors (Lipinski definition) is 2. The molecule has 0 aliphatic rings. The van der Waals surface area contributed by atoms with Gasteiger partial charge in [-0.1, -0.05) is 0 Å². The van der Waals surface area contributed by atoms with Crippen molar-refractivity contribution in [3.63, 3.8) is 0 Å². The van der Waals surface area contributed by atoms with Gasteiger partial charge in [0.2, 0.25) is 0 Å². The lowest BCUT2D eigenvalue weighted by Gasteiger charge is -2.17. The molecule has 0 saturated heterocycles. The van der Waals surface area contributed by atoms with Crippen LogP contribution in [0.25, 0.3) is 0 Å². The molecular weight excluding hydrogens is 355 g/mol. The molecular formula is C16H10ClF5O2. The van der Waals surface area contributed by atoms with Crippen LogP contribution in [0.5, 0.6) is 11.5 Å². The predicted octanol–water partition coefficient (Wildman–Crippen LogP) is 5.77. The highest BCUT2D eigenvalue weighted by molar-refractivity contribution is 6.68. The molecule has 2 rings (SSSR count). The average Bonchev–Trinajstić information content (AvgIpc) is 2.46. The number of hydrogen-bond donors (Lipinski definition) is 0. The Bertz CT molecular complexity index is 815. The normalized spacial score (nSPS) is 11.5. The number of carbonyl (C=O) groups excluding carboxylic acids is 1. The van der Waals surface area contributed by atoms with Gasteiger partial charge >= 0.3 is 6.18 Å². The van der Waals surface area contributed by atoms with E-state index >= 15 is 0 Å². The summed E-state index contributed by atoms with van der Waals surface area (Å²) in [7, 11) is 0. The Balaban J connectivity index is 2.58. The first-order valence-electron chi connectivity index (χ1n) is 6.57. The van der Waals surface area contributed by atoms with E-state index in [1.807, 2.05) is 0 Å². The van der Waals surface area contributed by atoms with E-state index in [9.17, 15) is 26.7 Å². The maximum Gasteiger partial charge on any atom is 0.416 e. The Labute approximate surface area is 138 Å². The van der Waals surface area contributed by atoms with E-state index in [0.717, 1.165) is 31.2 Å². The van der Waals surface area contributed by atoms with Crippen molar-refractivity contribution in [2.24, 2.45) is 0 Å². The van der Waals surface area contributed by atoms with Gasteiger partial charge in [0.15, 0.2) is 11.6 Å². The fourth-order valence-electron chi connectivity index (χ4n) is 2.19. The molecule has 0 spiro atoms. The zero-order valence-corrected chi connectivity index (χ0v) is 13.1. The van der Waals surface area contributed by atoms with E-state index < -0.39 is 39.7 Å². The van der Waals surface area contributed by atoms with Crippen molar-refractivity contribution >= 4 is 16.8 Å². The second kappa shape index (κ2) is 6.39. The van der Waals surface area contributed by atoms with Crippen molar-refractivity contribution in [1.29, 1.82) is 0 Å². The SMILES string of the molecule is Cc1c(Oc2ccc(C(F)(F)F)c(C)c2C(=O)Cl)ccc(F)c1F. The third-order valence-electron chi connectivity index (χ3n) is 3.44. The van der Waals surface area contributed by atoms with Crippen LogP contribution in [-0.2, 0) is 6.18 Å². The van der Waals surface area contributed by atoms with Crippen molar-refractivity contribution in [1.82, 2.24) is 0 Å². The number of carbonyl (C=O) groups is 1. The quantitative estimate of drug-likeness (QED) is 0.510. The van der Waals surface area contributed by atoms with Crippen LogP contribution in [0.4, 0.5) is 22.0 Å². The minimum atomic E-state index is -4.68. The second-order valence-corrected chi connectivity index (χ2v) is 5.31. The van der Waals surface area contributed by atoms with E-state index in [1.165, 1.54) is 6.92 Å². The molecule has 0 bridgehead atoms. The average molecular weight is 365 g/mol. The van der Waals surface area contributed by atoms with E-state index in [2.05, 4.69) is 0 Å². The summed E-state index contributed by atoms with van der Waals surface area (Å²) < 4.78 is 70.8. The fraction of sp³-hybridized carbons (Fsp3) is 0.188. The molecule has 0 saturated carbocycles. The Morgan fingerprint density at radius 3 is 2.12 bits per heavy atom. The lowest BCUT2D eigenvalue weighted by molar-refractivity contribution is -0.138. The third kappa shape index (κ3) is 3.36. The molecule has 0 radical (unpaired) electrons. The van der Waals surface area contributed by atoms with Crippen molar-refractivity contribution in [2.75, 3.05) is 0 Å². The van der Waals surface area contributed by atoms with Gasteiger partial charge in [0.05, 0.1) is 11.1 Å². The van der Waals surface area contributed by atoms with Crippen LogP contribution in [0, 0.1) is 25.5 Å². The lowest BCUT2D eigenvalue weighted by Crippen LogP contribution is -2.11. The van der Waals surface area contributed by atoms with Gasteiger partial charge < -0.3 is 4.74 Å². The van der Waals surface area contributed by atoms with Crippen LogP contribution in [0.1, 0.15) is 27.0 Å². The van der Waals surface area contributed by atoms with Gasteiger partial charge in [-0.05, 0) is 55.3 Å². The Kier molecular flexibility index (Phi) is 4.85. The summed E-state index contributed by atoms with van der Waals surface area (Å²) in [4.78, 5) is 11.5. The monoisotopic (exact) mass is 364 g/mol. The molecule has 0 aliphatic heterocycles. The summed E-state index contributed by atoms with van der Waals surface area (Å²) in [5.74, 6) is -2.69. The smallest absolute Gasteiger partial charge is 0.416 e. The van der Waals surface area contributed by atoms with E-state index in [0.29, 0.717) is 0 Å². The maximum atomic E-state index is 13.6. The second-order valence-electron chi connectivity index (χ2n) is 4.97. The van der Waals surface area contributed by atoms with Crippen LogP contribution in [-0.4, -0.2) is 5.24 Å². The van der Waals surface area contributed by atoms with Gasteiger partial charge in [-0.25, -0.2) is 8.78 Å². The summed E-state index contributed by atoms with van der Waals surface area (Å²) in [6.07, 6.45) is -4.68. The first-order chi connectivity index (χ1) is 11.0. The molecule has 0 fully saturated rings. The van der Waals surface area contributed by atoms with E-state index in [4.69, 9.17) is 16.3 Å². The summed E-state index contributed by atoms with van der Waals surface area (Å²) in [6, 6.07) is 3.54. The van der Waals surface area contributed by atoms with E-state index in [-0.39, 0.29) is 17.1 Å². The van der Waals surface area contributed by atoms with Gasteiger partial charge in [0, 0.05) is 5.56 Å². The molecule has 24 heavy (non-hydrogen) atoms. The molecule has 2 nitrogen and oxygen atoms in total.